The maximum Gasteiger partial charge on any atom is 0.387 e. The molecule has 1 N–H and O–H groups in total. The van der Waals surface area contributed by atoms with Gasteiger partial charge in [0.15, 0.2) is 5.13 Å². The Morgan fingerprint density at radius 1 is 1.35 bits per heavy atom. The number of alkyl halides is 2. The highest BCUT2D eigenvalue weighted by atomic mass is 32.1. The number of aryl methyl sites for hydroxylation is 2. The molecule has 0 unspecified atom stereocenters. The maximum absolute atomic E-state index is 12.2. The molecule has 0 saturated heterocycles. The van der Waals surface area contributed by atoms with Gasteiger partial charge in [0.2, 0.25) is 5.91 Å². The normalized spacial score (nSPS) is 10.9. The van der Waals surface area contributed by atoms with Gasteiger partial charge in [-0.15, -0.1) is 11.3 Å². The van der Waals surface area contributed by atoms with E-state index in [9.17, 15) is 13.6 Å². The van der Waals surface area contributed by atoms with Crippen LogP contribution in [0.4, 0.5) is 13.9 Å². The molecule has 6 nitrogen and oxygen atoms in total. The number of nitrogens with zero attached hydrogens (tertiary/aromatic N) is 3. The van der Waals surface area contributed by atoms with Gasteiger partial charge in [-0.1, -0.05) is 0 Å². The molecule has 26 heavy (non-hydrogen) atoms. The van der Waals surface area contributed by atoms with Gasteiger partial charge in [-0.2, -0.15) is 13.9 Å². The van der Waals surface area contributed by atoms with Crippen LogP contribution in [0.2, 0.25) is 0 Å². The Bertz CT molecular complexity index is 877. The number of halogens is 2. The number of benzene rings is 1. The first-order valence-electron chi connectivity index (χ1n) is 7.79. The summed E-state index contributed by atoms with van der Waals surface area (Å²) in [6.45, 7) is -0.427. The summed E-state index contributed by atoms with van der Waals surface area (Å²) in [5.74, 6) is -0.0684. The minimum Gasteiger partial charge on any atom is -0.435 e. The molecule has 0 aliphatic heterocycles. The lowest BCUT2D eigenvalue weighted by Gasteiger charge is -2.04. The number of rotatable bonds is 7. The molecule has 3 rings (SSSR count). The molecule has 2 heterocycles. The van der Waals surface area contributed by atoms with Crippen molar-refractivity contribution in [1.82, 2.24) is 14.8 Å². The largest absolute Gasteiger partial charge is 0.435 e. The SMILES string of the molecule is Cc1cnn(CCC(=O)Nc2nc(-c3ccc(OC(F)F)cc3)cs2)c1. The van der Waals surface area contributed by atoms with E-state index in [2.05, 4.69) is 20.1 Å². The minimum atomic E-state index is -2.85. The van der Waals surface area contributed by atoms with Crippen LogP contribution in [-0.2, 0) is 11.3 Å². The number of carbonyl (C=O) groups excluding carboxylic acids is 1. The third-order valence-electron chi connectivity index (χ3n) is 3.46. The molecule has 136 valence electrons. The number of anilines is 1. The van der Waals surface area contributed by atoms with Gasteiger partial charge < -0.3 is 10.1 Å². The topological polar surface area (TPSA) is 69.0 Å². The number of amides is 1. The van der Waals surface area contributed by atoms with E-state index in [1.54, 1.807) is 28.4 Å². The molecule has 0 radical (unpaired) electrons. The lowest BCUT2D eigenvalue weighted by molar-refractivity contribution is -0.116. The highest BCUT2D eigenvalue weighted by Gasteiger charge is 2.10. The minimum absolute atomic E-state index is 0.0846. The monoisotopic (exact) mass is 378 g/mol. The lowest BCUT2D eigenvalue weighted by Crippen LogP contribution is -2.14. The van der Waals surface area contributed by atoms with Crippen molar-refractivity contribution in [2.45, 2.75) is 26.5 Å². The summed E-state index contributed by atoms with van der Waals surface area (Å²) < 4.78 is 30.4. The number of ether oxygens (including phenoxy) is 1. The van der Waals surface area contributed by atoms with Crippen LogP contribution in [0, 0.1) is 6.92 Å². The number of carbonyl (C=O) groups is 1. The Kier molecular flexibility index (Phi) is 5.57. The molecule has 2 aromatic heterocycles. The molecule has 0 atom stereocenters. The van der Waals surface area contributed by atoms with Gasteiger partial charge in [0.25, 0.3) is 0 Å². The van der Waals surface area contributed by atoms with Crippen molar-refractivity contribution in [2.75, 3.05) is 5.32 Å². The van der Waals surface area contributed by atoms with Crippen molar-refractivity contribution >= 4 is 22.4 Å². The van der Waals surface area contributed by atoms with Crippen LogP contribution >= 0.6 is 11.3 Å². The summed E-state index contributed by atoms with van der Waals surface area (Å²) in [5.41, 5.74) is 2.44. The van der Waals surface area contributed by atoms with Gasteiger partial charge in [-0.3, -0.25) is 9.48 Å². The molecule has 0 spiro atoms. The highest BCUT2D eigenvalue weighted by Crippen LogP contribution is 2.27. The lowest BCUT2D eigenvalue weighted by atomic mass is 10.2. The van der Waals surface area contributed by atoms with Crippen molar-refractivity contribution in [2.24, 2.45) is 0 Å². The second-order valence-electron chi connectivity index (χ2n) is 5.52. The molecule has 1 aromatic carbocycles. The Hall–Kier alpha value is -2.81. The van der Waals surface area contributed by atoms with E-state index in [-0.39, 0.29) is 18.1 Å². The van der Waals surface area contributed by atoms with Crippen molar-refractivity contribution in [3.8, 4) is 17.0 Å². The quantitative estimate of drug-likeness (QED) is 0.676. The average molecular weight is 378 g/mol. The molecule has 0 aliphatic rings. The predicted octanol–water partition coefficient (Wildman–Crippen LogP) is 3.95. The molecule has 1 amide bonds. The van der Waals surface area contributed by atoms with Gasteiger partial charge in [-0.25, -0.2) is 4.98 Å². The van der Waals surface area contributed by atoms with E-state index in [0.717, 1.165) is 11.1 Å². The summed E-state index contributed by atoms with van der Waals surface area (Å²) in [6, 6.07) is 6.17. The number of hydrogen-bond donors (Lipinski definition) is 1. The van der Waals surface area contributed by atoms with Crippen LogP contribution in [0.15, 0.2) is 42.0 Å². The van der Waals surface area contributed by atoms with Crippen LogP contribution in [0.5, 0.6) is 5.75 Å². The van der Waals surface area contributed by atoms with Gasteiger partial charge in [0.1, 0.15) is 5.75 Å². The van der Waals surface area contributed by atoms with E-state index in [0.29, 0.717) is 17.4 Å². The summed E-state index contributed by atoms with van der Waals surface area (Å²) >= 11 is 1.30. The third kappa shape index (κ3) is 4.85. The molecule has 3 aromatic rings. The fourth-order valence-electron chi connectivity index (χ4n) is 2.26. The van der Waals surface area contributed by atoms with E-state index < -0.39 is 6.61 Å². The van der Waals surface area contributed by atoms with Gasteiger partial charge >= 0.3 is 6.61 Å². The maximum atomic E-state index is 12.2. The van der Waals surface area contributed by atoms with E-state index in [1.807, 2.05) is 13.1 Å². The molecule has 0 fully saturated rings. The fraction of sp³-hybridized carbons (Fsp3) is 0.235. The molecule has 0 saturated carbocycles. The molecule has 0 bridgehead atoms. The Morgan fingerprint density at radius 3 is 2.77 bits per heavy atom. The Balaban J connectivity index is 1.56. The van der Waals surface area contributed by atoms with E-state index >= 15 is 0 Å². The molecule has 9 heteroatoms. The third-order valence-corrected chi connectivity index (χ3v) is 4.21. The van der Waals surface area contributed by atoms with Crippen molar-refractivity contribution < 1.29 is 18.3 Å². The molecular weight excluding hydrogens is 362 g/mol. The van der Waals surface area contributed by atoms with Crippen LogP contribution in [-0.4, -0.2) is 27.3 Å². The number of thiazole rings is 1. The summed E-state index contributed by atoms with van der Waals surface area (Å²) in [5, 5.41) is 9.15. The van der Waals surface area contributed by atoms with Crippen LogP contribution in [0.3, 0.4) is 0 Å². The van der Waals surface area contributed by atoms with Gasteiger partial charge in [0.05, 0.1) is 11.9 Å². The standard InChI is InChI=1S/C17H16F2N4O2S/c1-11-8-20-23(9-11)7-6-15(24)22-17-21-14(10-26-17)12-2-4-13(5-3-12)25-16(18)19/h2-5,8-10,16H,6-7H2,1H3,(H,21,22,24). The predicted molar refractivity (Wildman–Crippen MR) is 94.4 cm³/mol. The fourth-order valence-corrected chi connectivity index (χ4v) is 2.99. The zero-order valence-electron chi connectivity index (χ0n) is 13.9. The number of hydrogen-bond acceptors (Lipinski definition) is 5. The summed E-state index contributed by atoms with van der Waals surface area (Å²) in [7, 11) is 0. The molecular formula is C17H16F2N4O2S. The first-order valence-corrected chi connectivity index (χ1v) is 8.67. The summed E-state index contributed by atoms with van der Waals surface area (Å²) in [4.78, 5) is 16.4. The highest BCUT2D eigenvalue weighted by molar-refractivity contribution is 7.14. The Morgan fingerprint density at radius 2 is 2.12 bits per heavy atom. The zero-order chi connectivity index (χ0) is 18.5. The van der Waals surface area contributed by atoms with Crippen LogP contribution in [0.1, 0.15) is 12.0 Å². The number of nitrogens with one attached hydrogen (secondary N) is 1. The first kappa shape index (κ1) is 18.0. The summed E-state index contributed by atoms with van der Waals surface area (Å²) in [6.07, 6.45) is 3.90. The second-order valence-corrected chi connectivity index (χ2v) is 6.38. The van der Waals surface area contributed by atoms with Crippen LogP contribution in [0.25, 0.3) is 11.3 Å². The second kappa shape index (κ2) is 8.05. The van der Waals surface area contributed by atoms with Crippen molar-refractivity contribution in [3.05, 3.63) is 47.6 Å². The zero-order valence-corrected chi connectivity index (χ0v) is 14.7. The first-order chi connectivity index (χ1) is 12.5. The average Bonchev–Trinajstić information content (AvgIpc) is 3.22. The van der Waals surface area contributed by atoms with Gasteiger partial charge in [0, 0.05) is 30.1 Å². The molecule has 0 aliphatic carbocycles. The van der Waals surface area contributed by atoms with E-state index in [1.165, 1.54) is 23.5 Å². The van der Waals surface area contributed by atoms with Gasteiger partial charge in [-0.05, 0) is 36.8 Å². The van der Waals surface area contributed by atoms with Crippen molar-refractivity contribution in [1.29, 1.82) is 0 Å². The Labute approximate surface area is 152 Å². The smallest absolute Gasteiger partial charge is 0.387 e. The van der Waals surface area contributed by atoms with Crippen LogP contribution < -0.4 is 10.1 Å². The van der Waals surface area contributed by atoms with Crippen molar-refractivity contribution in [3.63, 3.8) is 0 Å². The van der Waals surface area contributed by atoms with E-state index in [4.69, 9.17) is 0 Å². The number of aromatic nitrogens is 3.